The quantitative estimate of drug-likeness (QED) is 0.876. The van der Waals surface area contributed by atoms with E-state index in [1.807, 2.05) is 25.2 Å². The highest BCUT2D eigenvalue weighted by Gasteiger charge is 2.08. The second-order valence-corrected chi connectivity index (χ2v) is 3.95. The molecule has 4 nitrogen and oxygen atoms in total. The van der Waals surface area contributed by atoms with Gasteiger partial charge >= 0.3 is 0 Å². The summed E-state index contributed by atoms with van der Waals surface area (Å²) in [6, 6.07) is 8.01. The van der Waals surface area contributed by atoms with E-state index in [-0.39, 0.29) is 0 Å². The average molecular weight is 243 g/mol. The SMILES string of the molecule is CCc1ccccc1Oc1ncncc1CNC. The number of hydrogen-bond acceptors (Lipinski definition) is 4. The fourth-order valence-corrected chi connectivity index (χ4v) is 1.75. The zero-order valence-electron chi connectivity index (χ0n) is 10.7. The van der Waals surface area contributed by atoms with Gasteiger partial charge in [0.15, 0.2) is 0 Å². The summed E-state index contributed by atoms with van der Waals surface area (Å²) < 4.78 is 5.89. The van der Waals surface area contributed by atoms with Crippen LogP contribution in [0.2, 0.25) is 0 Å². The van der Waals surface area contributed by atoms with Crippen molar-refractivity contribution in [1.82, 2.24) is 15.3 Å². The third-order valence-electron chi connectivity index (χ3n) is 2.67. The Labute approximate surface area is 107 Å². The van der Waals surface area contributed by atoms with Gasteiger partial charge in [-0.15, -0.1) is 0 Å². The lowest BCUT2D eigenvalue weighted by Crippen LogP contribution is -2.08. The molecular weight excluding hydrogens is 226 g/mol. The summed E-state index contributed by atoms with van der Waals surface area (Å²) in [6.45, 7) is 2.79. The second-order valence-electron chi connectivity index (χ2n) is 3.95. The summed E-state index contributed by atoms with van der Waals surface area (Å²) in [5.74, 6) is 1.47. The van der Waals surface area contributed by atoms with E-state index >= 15 is 0 Å². The molecule has 0 radical (unpaired) electrons. The van der Waals surface area contributed by atoms with E-state index < -0.39 is 0 Å². The molecule has 0 amide bonds. The average Bonchev–Trinajstić information content (AvgIpc) is 2.42. The minimum Gasteiger partial charge on any atom is -0.438 e. The van der Waals surface area contributed by atoms with E-state index in [2.05, 4.69) is 28.3 Å². The van der Waals surface area contributed by atoms with Crippen LogP contribution in [0.3, 0.4) is 0 Å². The molecule has 0 aliphatic heterocycles. The molecule has 0 atom stereocenters. The van der Waals surface area contributed by atoms with Gasteiger partial charge in [0, 0.05) is 18.3 Å². The van der Waals surface area contributed by atoms with Gasteiger partial charge in [-0.2, -0.15) is 0 Å². The largest absolute Gasteiger partial charge is 0.438 e. The second kappa shape index (κ2) is 6.12. The maximum atomic E-state index is 5.89. The first kappa shape index (κ1) is 12.5. The lowest BCUT2D eigenvalue weighted by Gasteiger charge is -2.11. The summed E-state index contributed by atoms with van der Waals surface area (Å²) in [5, 5.41) is 3.08. The van der Waals surface area contributed by atoms with Crippen LogP contribution >= 0.6 is 0 Å². The van der Waals surface area contributed by atoms with Crippen molar-refractivity contribution >= 4 is 0 Å². The molecule has 0 unspecified atom stereocenters. The third kappa shape index (κ3) is 2.84. The van der Waals surface area contributed by atoms with Gasteiger partial charge in [0.2, 0.25) is 5.88 Å². The Morgan fingerprint density at radius 2 is 2.06 bits per heavy atom. The van der Waals surface area contributed by atoms with Crippen LogP contribution in [0.4, 0.5) is 0 Å². The number of aryl methyl sites for hydroxylation is 1. The van der Waals surface area contributed by atoms with E-state index in [0.717, 1.165) is 17.7 Å². The van der Waals surface area contributed by atoms with Crippen LogP contribution in [0.5, 0.6) is 11.6 Å². The Hall–Kier alpha value is -1.94. The van der Waals surface area contributed by atoms with Gasteiger partial charge < -0.3 is 10.1 Å². The normalized spacial score (nSPS) is 10.3. The molecule has 0 aliphatic carbocycles. The lowest BCUT2D eigenvalue weighted by atomic mass is 10.1. The summed E-state index contributed by atoms with van der Waals surface area (Å²) in [6.07, 6.45) is 4.21. The molecule has 1 aromatic carbocycles. The molecule has 0 aliphatic rings. The third-order valence-corrected chi connectivity index (χ3v) is 2.67. The van der Waals surface area contributed by atoms with Gasteiger partial charge in [-0.1, -0.05) is 25.1 Å². The maximum absolute atomic E-state index is 5.89. The molecule has 0 spiro atoms. The smallest absolute Gasteiger partial charge is 0.226 e. The summed E-state index contributed by atoms with van der Waals surface area (Å²) in [4.78, 5) is 8.21. The highest BCUT2D eigenvalue weighted by Crippen LogP contribution is 2.26. The van der Waals surface area contributed by atoms with Gasteiger partial charge in [-0.3, -0.25) is 0 Å². The fourth-order valence-electron chi connectivity index (χ4n) is 1.75. The molecular formula is C14H17N3O. The first-order valence-electron chi connectivity index (χ1n) is 6.04. The number of aromatic nitrogens is 2. The Morgan fingerprint density at radius 1 is 1.22 bits per heavy atom. The Morgan fingerprint density at radius 3 is 2.83 bits per heavy atom. The highest BCUT2D eigenvalue weighted by molar-refractivity contribution is 5.37. The Balaban J connectivity index is 2.28. The number of rotatable bonds is 5. The molecule has 2 rings (SSSR count). The minimum atomic E-state index is 0.611. The van der Waals surface area contributed by atoms with Gasteiger partial charge in [-0.25, -0.2) is 9.97 Å². The van der Waals surface area contributed by atoms with Crippen molar-refractivity contribution in [2.45, 2.75) is 19.9 Å². The van der Waals surface area contributed by atoms with Crippen molar-refractivity contribution in [3.8, 4) is 11.6 Å². The van der Waals surface area contributed by atoms with Crippen LogP contribution < -0.4 is 10.1 Å². The predicted octanol–water partition coefficient (Wildman–Crippen LogP) is 2.55. The zero-order valence-corrected chi connectivity index (χ0v) is 10.7. The topological polar surface area (TPSA) is 47.0 Å². The number of ether oxygens (including phenoxy) is 1. The van der Waals surface area contributed by atoms with Gasteiger partial charge in [0.25, 0.3) is 0 Å². The summed E-state index contributed by atoms with van der Waals surface area (Å²) in [7, 11) is 1.89. The number of hydrogen-bond donors (Lipinski definition) is 1. The van der Waals surface area contributed by atoms with Crippen LogP contribution in [-0.4, -0.2) is 17.0 Å². The van der Waals surface area contributed by atoms with Crippen molar-refractivity contribution in [3.05, 3.63) is 47.9 Å². The molecule has 1 N–H and O–H groups in total. The fraction of sp³-hybridized carbons (Fsp3) is 0.286. The molecule has 18 heavy (non-hydrogen) atoms. The summed E-state index contributed by atoms with van der Waals surface area (Å²) >= 11 is 0. The van der Waals surface area contributed by atoms with E-state index in [9.17, 15) is 0 Å². The number of nitrogens with zero attached hydrogens (tertiary/aromatic N) is 2. The molecule has 2 aromatic rings. The molecule has 1 aromatic heterocycles. The maximum Gasteiger partial charge on any atom is 0.226 e. The van der Waals surface area contributed by atoms with Crippen molar-refractivity contribution < 1.29 is 4.74 Å². The minimum absolute atomic E-state index is 0.611. The first-order valence-corrected chi connectivity index (χ1v) is 6.04. The number of benzene rings is 1. The monoisotopic (exact) mass is 243 g/mol. The molecule has 1 heterocycles. The van der Waals surface area contributed by atoms with Crippen LogP contribution in [0.15, 0.2) is 36.8 Å². The molecule has 4 heteroatoms. The van der Waals surface area contributed by atoms with Gasteiger partial charge in [0.1, 0.15) is 12.1 Å². The molecule has 0 fully saturated rings. The van der Waals surface area contributed by atoms with Crippen LogP contribution in [0.1, 0.15) is 18.1 Å². The zero-order chi connectivity index (χ0) is 12.8. The highest BCUT2D eigenvalue weighted by atomic mass is 16.5. The van der Waals surface area contributed by atoms with E-state index in [1.54, 1.807) is 6.20 Å². The summed E-state index contributed by atoms with van der Waals surface area (Å²) in [5.41, 5.74) is 2.12. The van der Waals surface area contributed by atoms with E-state index in [4.69, 9.17) is 4.74 Å². The van der Waals surface area contributed by atoms with Crippen molar-refractivity contribution in [2.24, 2.45) is 0 Å². The van der Waals surface area contributed by atoms with Crippen LogP contribution in [-0.2, 0) is 13.0 Å². The Bertz CT molecular complexity index is 514. The molecule has 0 bridgehead atoms. The van der Waals surface area contributed by atoms with Crippen LogP contribution in [0.25, 0.3) is 0 Å². The van der Waals surface area contributed by atoms with E-state index in [1.165, 1.54) is 11.9 Å². The number of para-hydroxylation sites is 1. The first-order chi connectivity index (χ1) is 8.85. The lowest BCUT2D eigenvalue weighted by molar-refractivity contribution is 0.447. The predicted molar refractivity (Wildman–Crippen MR) is 70.7 cm³/mol. The van der Waals surface area contributed by atoms with Gasteiger partial charge in [-0.05, 0) is 25.1 Å². The molecule has 0 saturated carbocycles. The van der Waals surface area contributed by atoms with Crippen molar-refractivity contribution in [2.75, 3.05) is 7.05 Å². The number of nitrogens with one attached hydrogen (secondary N) is 1. The van der Waals surface area contributed by atoms with E-state index in [0.29, 0.717) is 12.4 Å². The van der Waals surface area contributed by atoms with Crippen molar-refractivity contribution in [3.63, 3.8) is 0 Å². The Kier molecular flexibility index (Phi) is 4.25. The van der Waals surface area contributed by atoms with Crippen molar-refractivity contribution in [1.29, 1.82) is 0 Å². The van der Waals surface area contributed by atoms with Crippen LogP contribution in [0, 0.1) is 0 Å². The molecule has 94 valence electrons. The molecule has 0 saturated heterocycles. The standard InChI is InChI=1S/C14H17N3O/c1-3-11-6-4-5-7-13(11)18-14-12(8-15-2)9-16-10-17-14/h4-7,9-10,15H,3,8H2,1-2H3. The van der Waals surface area contributed by atoms with Gasteiger partial charge in [0.05, 0.1) is 0 Å².